The quantitative estimate of drug-likeness (QED) is 0.245. The van der Waals surface area contributed by atoms with E-state index in [1.54, 1.807) is 42.5 Å². The molecule has 51 heavy (non-hydrogen) atoms. The normalized spacial score (nSPS) is 25.7. The van der Waals surface area contributed by atoms with Crippen molar-refractivity contribution in [3.63, 3.8) is 0 Å². The Labute approximate surface area is 301 Å². The molecule has 0 aliphatic carbocycles. The van der Waals surface area contributed by atoms with Crippen LogP contribution in [0.25, 0.3) is 0 Å². The fourth-order valence-electron chi connectivity index (χ4n) is 8.80. The standard InChI is InChI=1S/C21H25FN2O2S.C19H22N2O2S/c1-13-9-18-19-12-17(27(25,26)16-6-4-5-15(22)11-16)7-8-20(19)24(3)21(18)10-14(2)23-13;1-21-18-8-7-15(24(22,23)14-5-3-2-4-6-14)13-17(18)16-9-11-20-12-10-19(16)21/h4-8,11-14,18,21,23H,9-10H2,1-3H3;2-8,13,16,19-20H,9-12H2,1H3/t13?,14?,18-,21+;16-,19+/m00/s1. The van der Waals surface area contributed by atoms with Crippen LogP contribution in [0.2, 0.25) is 0 Å². The van der Waals surface area contributed by atoms with Gasteiger partial charge in [0.05, 0.1) is 19.6 Å². The summed E-state index contributed by atoms with van der Waals surface area (Å²) in [5.74, 6) is 0.153. The van der Waals surface area contributed by atoms with Crippen molar-refractivity contribution in [1.82, 2.24) is 10.6 Å². The Morgan fingerprint density at radius 1 is 0.608 bits per heavy atom. The van der Waals surface area contributed by atoms with E-state index in [1.165, 1.54) is 29.4 Å². The lowest BCUT2D eigenvalue weighted by molar-refractivity contribution is 0.466. The fraction of sp³-hybridized carbons (Fsp3) is 0.400. The highest BCUT2D eigenvalue weighted by atomic mass is 32.2. The maximum atomic E-state index is 13.6. The van der Waals surface area contributed by atoms with Crippen molar-refractivity contribution >= 4 is 31.0 Å². The van der Waals surface area contributed by atoms with Gasteiger partial charge in [-0.3, -0.25) is 0 Å². The van der Waals surface area contributed by atoms with Gasteiger partial charge in [-0.05, 0) is 130 Å². The highest BCUT2D eigenvalue weighted by Gasteiger charge is 2.41. The molecule has 4 heterocycles. The molecule has 4 aliphatic rings. The lowest BCUT2D eigenvalue weighted by atomic mass is 9.88. The van der Waals surface area contributed by atoms with Crippen molar-refractivity contribution in [3.8, 4) is 0 Å². The molecule has 2 unspecified atom stereocenters. The SMILES string of the molecule is CC1C[C@@H]2[C@@H](CC(C)N1)c1cc(S(=O)(=O)c3cccc(F)c3)ccc1N2C.CN1c2ccc(S(=O)(=O)c3ccccc3)cc2[C@@H]2CCNCC[C@H]21. The number of anilines is 2. The molecule has 4 aromatic carbocycles. The average molecular weight is 731 g/mol. The van der Waals surface area contributed by atoms with E-state index in [4.69, 9.17) is 0 Å². The van der Waals surface area contributed by atoms with Gasteiger partial charge in [-0.2, -0.15) is 0 Å². The minimum atomic E-state index is -3.75. The molecule has 0 amide bonds. The smallest absolute Gasteiger partial charge is 0.206 e. The second-order valence-corrected chi connectivity index (χ2v) is 18.5. The van der Waals surface area contributed by atoms with Crippen LogP contribution in [0.4, 0.5) is 15.8 Å². The Hall–Kier alpha value is -3.77. The second-order valence-electron chi connectivity index (χ2n) is 14.6. The first-order valence-electron chi connectivity index (χ1n) is 17.9. The Balaban J connectivity index is 0.000000160. The van der Waals surface area contributed by atoms with Crippen molar-refractivity contribution in [1.29, 1.82) is 0 Å². The van der Waals surface area contributed by atoms with Crippen molar-refractivity contribution in [2.75, 3.05) is 37.0 Å². The predicted octanol–water partition coefficient (Wildman–Crippen LogP) is 6.53. The summed E-state index contributed by atoms with van der Waals surface area (Å²) in [5, 5.41) is 7.06. The van der Waals surface area contributed by atoms with Crippen molar-refractivity contribution < 1.29 is 21.2 Å². The molecule has 2 N–H and O–H groups in total. The number of hydrogen-bond acceptors (Lipinski definition) is 8. The van der Waals surface area contributed by atoms with Crippen LogP contribution in [0.1, 0.15) is 62.5 Å². The first kappa shape index (κ1) is 35.6. The molecule has 0 bridgehead atoms. The Bertz CT molecular complexity index is 2130. The molecule has 0 saturated carbocycles. The van der Waals surface area contributed by atoms with Crippen LogP contribution in [-0.4, -0.2) is 68.2 Å². The summed E-state index contributed by atoms with van der Waals surface area (Å²) in [7, 11) is -2.99. The number of nitrogens with zero attached hydrogens (tertiary/aromatic N) is 2. The molecule has 6 atom stereocenters. The zero-order valence-corrected chi connectivity index (χ0v) is 31.2. The lowest BCUT2D eigenvalue weighted by Gasteiger charge is -2.26. The minimum Gasteiger partial charge on any atom is -0.371 e. The highest BCUT2D eigenvalue weighted by molar-refractivity contribution is 7.91. The maximum absolute atomic E-state index is 13.6. The molecule has 270 valence electrons. The van der Waals surface area contributed by atoms with Gasteiger partial charge in [0.25, 0.3) is 0 Å². The zero-order chi connectivity index (χ0) is 36.1. The van der Waals surface area contributed by atoms with Crippen LogP contribution < -0.4 is 20.4 Å². The van der Waals surface area contributed by atoms with E-state index in [2.05, 4.69) is 48.4 Å². The summed E-state index contributed by atoms with van der Waals surface area (Å²) in [4.78, 5) is 5.60. The number of likely N-dealkylation sites (N-methyl/N-ethyl adjacent to an activating group) is 2. The van der Waals surface area contributed by atoms with Crippen LogP contribution >= 0.6 is 0 Å². The van der Waals surface area contributed by atoms with Gasteiger partial charge in [-0.25, -0.2) is 21.2 Å². The van der Waals surface area contributed by atoms with Gasteiger partial charge in [0.15, 0.2) is 0 Å². The molecule has 2 fully saturated rings. The molecule has 2 saturated heterocycles. The zero-order valence-electron chi connectivity index (χ0n) is 29.6. The summed E-state index contributed by atoms with van der Waals surface area (Å²) in [6.45, 7) is 6.40. The predicted molar refractivity (Wildman–Crippen MR) is 200 cm³/mol. The molecular formula is C40H47FN4O4S2. The number of benzene rings is 4. The first-order valence-corrected chi connectivity index (χ1v) is 20.8. The third-order valence-corrected chi connectivity index (χ3v) is 14.8. The molecule has 11 heteroatoms. The van der Waals surface area contributed by atoms with Gasteiger partial charge >= 0.3 is 0 Å². The lowest BCUT2D eigenvalue weighted by Crippen LogP contribution is -2.36. The van der Waals surface area contributed by atoms with Gasteiger partial charge in [-0.15, -0.1) is 0 Å². The van der Waals surface area contributed by atoms with Gasteiger partial charge < -0.3 is 20.4 Å². The van der Waals surface area contributed by atoms with Gasteiger partial charge in [0.1, 0.15) is 5.82 Å². The highest BCUT2D eigenvalue weighted by Crippen LogP contribution is 2.47. The fourth-order valence-corrected chi connectivity index (χ4v) is 11.4. The summed E-state index contributed by atoms with van der Waals surface area (Å²) in [5.41, 5.74) is 4.55. The Kier molecular flexibility index (Phi) is 9.77. The van der Waals surface area contributed by atoms with E-state index in [0.717, 1.165) is 56.1 Å². The molecule has 4 aliphatic heterocycles. The molecule has 0 spiro atoms. The van der Waals surface area contributed by atoms with Gasteiger partial charge in [-0.1, -0.05) is 24.3 Å². The van der Waals surface area contributed by atoms with Crippen molar-refractivity contribution in [2.24, 2.45) is 0 Å². The number of halogens is 1. The minimum absolute atomic E-state index is 0.00475. The van der Waals surface area contributed by atoms with Crippen LogP contribution in [-0.2, 0) is 19.7 Å². The summed E-state index contributed by atoms with van der Waals surface area (Å²) in [6.07, 6.45) is 4.13. The van der Waals surface area contributed by atoms with E-state index < -0.39 is 25.5 Å². The van der Waals surface area contributed by atoms with E-state index in [1.807, 2.05) is 24.3 Å². The molecular weight excluding hydrogens is 684 g/mol. The monoisotopic (exact) mass is 730 g/mol. The third-order valence-electron chi connectivity index (χ3n) is 11.3. The third kappa shape index (κ3) is 6.69. The summed E-state index contributed by atoms with van der Waals surface area (Å²) < 4.78 is 65.4. The van der Waals surface area contributed by atoms with E-state index in [-0.39, 0.29) is 9.79 Å². The molecule has 8 rings (SSSR count). The summed E-state index contributed by atoms with van der Waals surface area (Å²) >= 11 is 0. The second kappa shape index (κ2) is 14.0. The van der Waals surface area contributed by atoms with Crippen LogP contribution in [0.15, 0.2) is 111 Å². The van der Waals surface area contributed by atoms with E-state index >= 15 is 0 Å². The molecule has 4 aromatic rings. The molecule has 0 aromatic heterocycles. The number of nitrogens with one attached hydrogen (secondary N) is 2. The van der Waals surface area contributed by atoms with Crippen LogP contribution in [0.3, 0.4) is 0 Å². The molecule has 8 nitrogen and oxygen atoms in total. The number of hydrogen-bond donors (Lipinski definition) is 2. The number of rotatable bonds is 4. The Morgan fingerprint density at radius 2 is 1.16 bits per heavy atom. The van der Waals surface area contributed by atoms with Crippen LogP contribution in [0, 0.1) is 5.82 Å². The number of sulfone groups is 2. The van der Waals surface area contributed by atoms with Gasteiger partial charge in [0, 0.05) is 61.5 Å². The van der Waals surface area contributed by atoms with Crippen LogP contribution in [0.5, 0.6) is 0 Å². The van der Waals surface area contributed by atoms with Crippen molar-refractivity contribution in [2.45, 2.75) is 95.1 Å². The largest absolute Gasteiger partial charge is 0.371 e. The maximum Gasteiger partial charge on any atom is 0.206 e. The first-order chi connectivity index (χ1) is 24.4. The molecule has 0 radical (unpaired) electrons. The van der Waals surface area contributed by atoms with E-state index in [0.29, 0.717) is 45.8 Å². The average Bonchev–Trinajstić information content (AvgIpc) is 3.31. The summed E-state index contributed by atoms with van der Waals surface area (Å²) in [6, 6.07) is 26.5. The van der Waals surface area contributed by atoms with E-state index in [9.17, 15) is 21.2 Å². The van der Waals surface area contributed by atoms with Gasteiger partial charge in [0.2, 0.25) is 19.7 Å². The number of fused-ring (bicyclic) bond motifs is 6. The Morgan fingerprint density at radius 3 is 1.82 bits per heavy atom. The topological polar surface area (TPSA) is 98.8 Å². The van der Waals surface area contributed by atoms with Crippen molar-refractivity contribution in [3.05, 3.63) is 108 Å².